The van der Waals surface area contributed by atoms with Gasteiger partial charge in [0.2, 0.25) is 0 Å². The molecule has 1 fully saturated rings. The molecule has 1 nitrogen and oxygen atoms in total. The molecule has 48 valence electrons. The van der Waals surface area contributed by atoms with Crippen molar-refractivity contribution in [2.45, 2.75) is 32.2 Å². The molecular formula is C7H15N. The van der Waals surface area contributed by atoms with Gasteiger partial charge in [-0.2, -0.15) is 0 Å². The largest absolute Gasteiger partial charge is 0.317 e. The van der Waals surface area contributed by atoms with E-state index >= 15 is 0 Å². The molecule has 0 bridgehead atoms. The summed E-state index contributed by atoms with van der Waals surface area (Å²) in [6.45, 7) is 2.27. The van der Waals surface area contributed by atoms with Crippen LogP contribution in [0.15, 0.2) is 0 Å². The zero-order valence-electron chi connectivity index (χ0n) is 5.78. The van der Waals surface area contributed by atoms with Crippen LogP contribution in [0.4, 0.5) is 0 Å². The minimum absolute atomic E-state index is 0.753. The molecule has 0 aromatic carbocycles. The van der Waals surface area contributed by atoms with Gasteiger partial charge in [0, 0.05) is 6.04 Å². The quantitative estimate of drug-likeness (QED) is 0.570. The number of hydrogen-bond donors (Lipinski definition) is 1. The first-order chi connectivity index (χ1) is 3.84. The molecule has 1 N–H and O–H groups in total. The summed E-state index contributed by atoms with van der Waals surface area (Å²) in [5.41, 5.74) is 0. The van der Waals surface area contributed by atoms with Gasteiger partial charge in [0.25, 0.3) is 0 Å². The average molecular weight is 113 g/mol. The predicted molar refractivity (Wildman–Crippen MR) is 35.9 cm³/mol. The summed E-state index contributed by atoms with van der Waals surface area (Å²) in [6.07, 6.45) is 4.35. The van der Waals surface area contributed by atoms with Crippen molar-refractivity contribution in [3.8, 4) is 0 Å². The zero-order chi connectivity index (χ0) is 5.98. The minimum atomic E-state index is 0.753. The van der Waals surface area contributed by atoms with E-state index in [-0.39, 0.29) is 0 Å². The van der Waals surface area contributed by atoms with E-state index in [4.69, 9.17) is 0 Å². The third kappa shape index (κ3) is 1.03. The highest BCUT2D eigenvalue weighted by atomic mass is 14.9. The molecule has 8 heavy (non-hydrogen) atoms. The molecule has 0 heterocycles. The molecule has 1 aliphatic carbocycles. The van der Waals surface area contributed by atoms with E-state index in [1.807, 2.05) is 7.05 Å². The van der Waals surface area contributed by atoms with Crippen LogP contribution in [-0.4, -0.2) is 13.1 Å². The molecule has 1 aliphatic rings. The van der Waals surface area contributed by atoms with Gasteiger partial charge in [-0.25, -0.2) is 0 Å². The van der Waals surface area contributed by atoms with Crippen molar-refractivity contribution >= 4 is 0 Å². The van der Waals surface area contributed by atoms with Gasteiger partial charge in [0.15, 0.2) is 0 Å². The summed E-state index contributed by atoms with van der Waals surface area (Å²) in [5.74, 6) is 0.986. The summed E-state index contributed by atoms with van der Waals surface area (Å²) in [4.78, 5) is 0. The first-order valence-corrected chi connectivity index (χ1v) is 3.52. The van der Waals surface area contributed by atoms with Gasteiger partial charge in [-0.05, 0) is 32.7 Å². The molecule has 1 atom stereocenters. The molecule has 0 spiro atoms. The Morgan fingerprint density at radius 3 is 2.25 bits per heavy atom. The monoisotopic (exact) mass is 113 g/mol. The fourth-order valence-electron chi connectivity index (χ4n) is 1.18. The highest BCUT2D eigenvalue weighted by molar-refractivity contribution is 4.77. The zero-order valence-corrected chi connectivity index (χ0v) is 5.78. The van der Waals surface area contributed by atoms with Crippen LogP contribution in [0.3, 0.4) is 0 Å². The lowest BCUT2D eigenvalue weighted by atomic mass is 9.80. The second-order valence-corrected chi connectivity index (χ2v) is 2.77. The third-order valence-corrected chi connectivity index (χ3v) is 2.31. The second kappa shape index (κ2) is 2.49. The van der Waals surface area contributed by atoms with Crippen LogP contribution in [0.2, 0.25) is 0 Å². The standard InChI is InChI=1S/C7H15N/c1-6(8-2)7-4-3-5-7/h6-8H,3-5H2,1-2H3/t6-/m0/s1. The summed E-state index contributed by atoms with van der Waals surface area (Å²) in [7, 11) is 2.04. The molecule has 1 rings (SSSR count). The van der Waals surface area contributed by atoms with Crippen LogP contribution in [0, 0.1) is 5.92 Å². The van der Waals surface area contributed by atoms with E-state index in [2.05, 4.69) is 12.2 Å². The molecule has 0 unspecified atom stereocenters. The lowest BCUT2D eigenvalue weighted by molar-refractivity contribution is 0.249. The van der Waals surface area contributed by atoms with Crippen molar-refractivity contribution in [2.75, 3.05) is 7.05 Å². The molecule has 0 aromatic heterocycles. The highest BCUT2D eigenvalue weighted by Gasteiger charge is 2.21. The molecule has 0 aromatic rings. The van der Waals surface area contributed by atoms with Crippen LogP contribution < -0.4 is 5.32 Å². The van der Waals surface area contributed by atoms with Gasteiger partial charge in [0.05, 0.1) is 0 Å². The highest BCUT2D eigenvalue weighted by Crippen LogP contribution is 2.28. The molecular weight excluding hydrogens is 98.1 g/mol. The Labute approximate surface area is 51.5 Å². The Balaban J connectivity index is 2.13. The summed E-state index contributed by atoms with van der Waals surface area (Å²) in [6, 6.07) is 0.753. The topological polar surface area (TPSA) is 12.0 Å². The molecule has 0 saturated heterocycles. The van der Waals surface area contributed by atoms with Crippen molar-refractivity contribution in [1.29, 1.82) is 0 Å². The van der Waals surface area contributed by atoms with E-state index in [1.54, 1.807) is 0 Å². The van der Waals surface area contributed by atoms with E-state index < -0.39 is 0 Å². The van der Waals surface area contributed by atoms with Gasteiger partial charge in [-0.1, -0.05) is 6.42 Å². The maximum Gasteiger partial charge on any atom is 0.00639 e. The summed E-state index contributed by atoms with van der Waals surface area (Å²) in [5, 5.41) is 3.27. The average Bonchev–Trinajstić information content (AvgIpc) is 1.62. The maximum absolute atomic E-state index is 3.27. The number of hydrogen-bond acceptors (Lipinski definition) is 1. The smallest absolute Gasteiger partial charge is 0.00639 e. The van der Waals surface area contributed by atoms with Gasteiger partial charge < -0.3 is 5.32 Å². The van der Waals surface area contributed by atoms with Gasteiger partial charge in [-0.3, -0.25) is 0 Å². The Kier molecular flexibility index (Phi) is 1.90. The fourth-order valence-corrected chi connectivity index (χ4v) is 1.18. The van der Waals surface area contributed by atoms with Crippen molar-refractivity contribution < 1.29 is 0 Å². The fraction of sp³-hybridized carbons (Fsp3) is 1.00. The van der Waals surface area contributed by atoms with E-state index in [9.17, 15) is 0 Å². The number of rotatable bonds is 2. The molecule has 1 heteroatoms. The third-order valence-electron chi connectivity index (χ3n) is 2.31. The predicted octanol–water partition coefficient (Wildman–Crippen LogP) is 1.39. The van der Waals surface area contributed by atoms with Gasteiger partial charge in [0.1, 0.15) is 0 Å². The molecule has 1 saturated carbocycles. The second-order valence-electron chi connectivity index (χ2n) is 2.77. The lowest BCUT2D eigenvalue weighted by Crippen LogP contribution is -2.34. The van der Waals surface area contributed by atoms with Crippen LogP contribution in [0.5, 0.6) is 0 Å². The summed E-state index contributed by atoms with van der Waals surface area (Å²) >= 11 is 0. The Hall–Kier alpha value is -0.0400. The maximum atomic E-state index is 3.27. The Morgan fingerprint density at radius 2 is 2.12 bits per heavy atom. The minimum Gasteiger partial charge on any atom is -0.317 e. The summed E-state index contributed by atoms with van der Waals surface area (Å²) < 4.78 is 0. The van der Waals surface area contributed by atoms with Crippen molar-refractivity contribution in [3.05, 3.63) is 0 Å². The SMILES string of the molecule is CN[C@@H](C)C1CCC1. The van der Waals surface area contributed by atoms with Crippen molar-refractivity contribution in [1.82, 2.24) is 5.32 Å². The van der Waals surface area contributed by atoms with Crippen LogP contribution in [-0.2, 0) is 0 Å². The Bertz CT molecular complexity index is 64.0. The Morgan fingerprint density at radius 1 is 1.50 bits per heavy atom. The first-order valence-electron chi connectivity index (χ1n) is 3.52. The number of nitrogens with one attached hydrogen (secondary N) is 1. The molecule has 0 aliphatic heterocycles. The van der Waals surface area contributed by atoms with E-state index in [1.165, 1.54) is 19.3 Å². The van der Waals surface area contributed by atoms with Crippen LogP contribution in [0.1, 0.15) is 26.2 Å². The lowest BCUT2D eigenvalue weighted by Gasteiger charge is -2.30. The molecule has 0 amide bonds. The normalized spacial score (nSPS) is 24.8. The van der Waals surface area contributed by atoms with E-state index in [0.717, 1.165) is 12.0 Å². The van der Waals surface area contributed by atoms with Crippen LogP contribution in [0.25, 0.3) is 0 Å². The van der Waals surface area contributed by atoms with Gasteiger partial charge >= 0.3 is 0 Å². The van der Waals surface area contributed by atoms with Crippen molar-refractivity contribution in [3.63, 3.8) is 0 Å². The van der Waals surface area contributed by atoms with Crippen LogP contribution >= 0.6 is 0 Å². The first kappa shape index (κ1) is 6.09. The van der Waals surface area contributed by atoms with Crippen molar-refractivity contribution in [2.24, 2.45) is 5.92 Å². The van der Waals surface area contributed by atoms with E-state index in [0.29, 0.717) is 0 Å². The van der Waals surface area contributed by atoms with Gasteiger partial charge in [-0.15, -0.1) is 0 Å². The molecule has 0 radical (unpaired) electrons.